The Kier molecular flexibility index (Phi) is 47.6. The van der Waals surface area contributed by atoms with Crippen LogP contribution >= 0.6 is 0 Å². The summed E-state index contributed by atoms with van der Waals surface area (Å²) in [6.07, 6.45) is 51.1. The van der Waals surface area contributed by atoms with E-state index in [0.717, 1.165) is 69.6 Å². The zero-order valence-electron chi connectivity index (χ0n) is 42.5. The number of carbonyl (C=O) groups excluding carboxylic acids is 3. The molecule has 1 atom stereocenters. The third-order valence-corrected chi connectivity index (χ3v) is 12.7. The van der Waals surface area contributed by atoms with Gasteiger partial charge in [0.05, 0.1) is 0 Å². The molecule has 0 fully saturated rings. The Labute approximate surface area is 387 Å². The first-order valence-electron chi connectivity index (χ1n) is 27.7. The van der Waals surface area contributed by atoms with Crippen molar-refractivity contribution in [2.45, 2.75) is 317 Å². The molecule has 0 aromatic rings. The van der Waals surface area contributed by atoms with E-state index in [1.807, 2.05) is 0 Å². The van der Waals surface area contributed by atoms with Crippen molar-refractivity contribution in [2.24, 2.45) is 11.8 Å². The second-order valence-corrected chi connectivity index (χ2v) is 20.2. The van der Waals surface area contributed by atoms with Crippen LogP contribution in [0.2, 0.25) is 0 Å². The van der Waals surface area contributed by atoms with Gasteiger partial charge >= 0.3 is 17.9 Å². The van der Waals surface area contributed by atoms with E-state index in [4.69, 9.17) is 14.2 Å². The maximum absolute atomic E-state index is 12.7. The van der Waals surface area contributed by atoms with Gasteiger partial charge in [0.1, 0.15) is 13.2 Å². The average molecular weight is 877 g/mol. The van der Waals surface area contributed by atoms with Gasteiger partial charge in [0.25, 0.3) is 0 Å². The highest BCUT2D eigenvalue weighted by molar-refractivity contribution is 5.71. The Morgan fingerprint density at radius 3 is 0.790 bits per heavy atom. The molecule has 0 aliphatic heterocycles. The fraction of sp³-hybridized carbons (Fsp3) is 0.946. The molecule has 368 valence electrons. The van der Waals surface area contributed by atoms with Gasteiger partial charge in [-0.3, -0.25) is 14.4 Å². The van der Waals surface area contributed by atoms with Crippen LogP contribution in [0, 0.1) is 11.8 Å². The Bertz CT molecular complexity index is 947. The van der Waals surface area contributed by atoms with Crippen LogP contribution in [0.5, 0.6) is 0 Å². The minimum absolute atomic E-state index is 0.0644. The summed E-state index contributed by atoms with van der Waals surface area (Å²) in [5, 5.41) is 0. The molecule has 6 nitrogen and oxygen atoms in total. The van der Waals surface area contributed by atoms with Crippen molar-refractivity contribution in [3.8, 4) is 0 Å². The lowest BCUT2D eigenvalue weighted by Gasteiger charge is -2.18. The van der Waals surface area contributed by atoms with E-state index in [2.05, 4.69) is 34.6 Å². The number of ether oxygens (including phenoxy) is 3. The molecule has 0 saturated heterocycles. The maximum Gasteiger partial charge on any atom is 0.306 e. The van der Waals surface area contributed by atoms with Gasteiger partial charge in [0.2, 0.25) is 0 Å². The number of rotatable bonds is 50. The summed E-state index contributed by atoms with van der Waals surface area (Å²) in [5.74, 6) is 0.749. The lowest BCUT2D eigenvalue weighted by molar-refractivity contribution is -0.167. The van der Waals surface area contributed by atoms with Gasteiger partial charge in [-0.15, -0.1) is 0 Å². The first-order chi connectivity index (χ1) is 30.2. The van der Waals surface area contributed by atoms with E-state index in [9.17, 15) is 14.4 Å². The van der Waals surface area contributed by atoms with Crippen LogP contribution in [-0.2, 0) is 28.6 Å². The zero-order valence-corrected chi connectivity index (χ0v) is 42.5. The largest absolute Gasteiger partial charge is 0.462 e. The van der Waals surface area contributed by atoms with Crippen molar-refractivity contribution in [3.05, 3.63) is 0 Å². The van der Waals surface area contributed by atoms with Gasteiger partial charge in [-0.05, 0) is 31.1 Å². The highest BCUT2D eigenvalue weighted by atomic mass is 16.6. The minimum Gasteiger partial charge on any atom is -0.462 e. The first kappa shape index (κ1) is 60.4. The van der Waals surface area contributed by atoms with Crippen LogP contribution in [0.4, 0.5) is 0 Å². The van der Waals surface area contributed by atoms with Gasteiger partial charge in [-0.1, -0.05) is 272 Å². The SMILES string of the molecule is CCCCCCCCCCCCCCCCCCCCCC(=O)OC[C@H](COC(=O)CCCCCCCCCCCCCCCC(C)C)OC(=O)CCCCCCCCC(C)C. The van der Waals surface area contributed by atoms with E-state index < -0.39 is 6.10 Å². The topological polar surface area (TPSA) is 78.9 Å². The summed E-state index contributed by atoms with van der Waals surface area (Å²) in [5.41, 5.74) is 0. The van der Waals surface area contributed by atoms with Crippen LogP contribution < -0.4 is 0 Å². The molecule has 0 amide bonds. The maximum atomic E-state index is 12.7. The number of unbranched alkanes of at least 4 members (excludes halogenated alkanes) is 35. The summed E-state index contributed by atoms with van der Waals surface area (Å²) < 4.78 is 16.8. The molecular formula is C56H108O6. The summed E-state index contributed by atoms with van der Waals surface area (Å²) in [7, 11) is 0. The molecule has 0 spiro atoms. The molecule has 0 unspecified atom stereocenters. The van der Waals surface area contributed by atoms with Crippen molar-refractivity contribution in [1.29, 1.82) is 0 Å². The van der Waals surface area contributed by atoms with Crippen LogP contribution in [0.1, 0.15) is 311 Å². The summed E-state index contributed by atoms with van der Waals surface area (Å²) in [4.78, 5) is 38.0. The molecule has 0 rings (SSSR count). The average Bonchev–Trinajstić information content (AvgIpc) is 3.24. The normalized spacial score (nSPS) is 12.0. The molecule has 6 heteroatoms. The molecule has 0 N–H and O–H groups in total. The second-order valence-electron chi connectivity index (χ2n) is 20.2. The van der Waals surface area contributed by atoms with Crippen LogP contribution in [0.25, 0.3) is 0 Å². The van der Waals surface area contributed by atoms with Gasteiger partial charge in [-0.2, -0.15) is 0 Å². The predicted octanol–water partition coefficient (Wildman–Crippen LogP) is 18.1. The standard InChI is InChI=1S/C56H108O6/c1-6-7-8-9-10-11-12-13-14-15-16-17-18-21-24-27-30-36-41-46-54(57)60-49-53(62-56(59)48-43-38-33-32-35-40-45-52(4)5)50-61-55(58)47-42-37-31-28-25-22-19-20-23-26-29-34-39-44-51(2)3/h51-53H,6-50H2,1-5H3/t53-/m1/s1. The third kappa shape index (κ3) is 49.4. The third-order valence-electron chi connectivity index (χ3n) is 12.7. The summed E-state index contributed by atoms with van der Waals surface area (Å²) in [6.45, 7) is 11.3. The fourth-order valence-electron chi connectivity index (χ4n) is 8.52. The molecule has 0 aliphatic carbocycles. The van der Waals surface area contributed by atoms with Crippen molar-refractivity contribution in [3.63, 3.8) is 0 Å². The Balaban J connectivity index is 4.19. The minimum atomic E-state index is -0.763. The first-order valence-corrected chi connectivity index (χ1v) is 27.7. The number of esters is 3. The lowest BCUT2D eigenvalue weighted by Crippen LogP contribution is -2.30. The van der Waals surface area contributed by atoms with Crippen LogP contribution in [0.3, 0.4) is 0 Å². The van der Waals surface area contributed by atoms with E-state index in [-0.39, 0.29) is 31.1 Å². The Morgan fingerprint density at radius 2 is 0.532 bits per heavy atom. The van der Waals surface area contributed by atoms with E-state index in [1.54, 1.807) is 0 Å². The fourth-order valence-corrected chi connectivity index (χ4v) is 8.52. The van der Waals surface area contributed by atoms with Gasteiger partial charge < -0.3 is 14.2 Å². The smallest absolute Gasteiger partial charge is 0.306 e. The molecular weight excluding hydrogens is 769 g/mol. The highest BCUT2D eigenvalue weighted by Crippen LogP contribution is 2.18. The molecule has 62 heavy (non-hydrogen) atoms. The lowest BCUT2D eigenvalue weighted by atomic mass is 10.0. The summed E-state index contributed by atoms with van der Waals surface area (Å²) in [6, 6.07) is 0. The molecule has 0 radical (unpaired) electrons. The predicted molar refractivity (Wildman–Crippen MR) is 266 cm³/mol. The Hall–Kier alpha value is -1.59. The van der Waals surface area contributed by atoms with Crippen molar-refractivity contribution in [1.82, 2.24) is 0 Å². The molecule has 0 saturated carbocycles. The quantitative estimate of drug-likeness (QED) is 0.0344. The van der Waals surface area contributed by atoms with Gasteiger partial charge in [0, 0.05) is 19.3 Å². The van der Waals surface area contributed by atoms with Crippen LogP contribution in [-0.4, -0.2) is 37.2 Å². The summed E-state index contributed by atoms with van der Waals surface area (Å²) >= 11 is 0. The van der Waals surface area contributed by atoms with E-state index >= 15 is 0 Å². The van der Waals surface area contributed by atoms with Gasteiger partial charge in [0.15, 0.2) is 6.10 Å². The Morgan fingerprint density at radius 1 is 0.306 bits per heavy atom. The molecule has 0 aromatic carbocycles. The monoisotopic (exact) mass is 877 g/mol. The molecule has 0 heterocycles. The number of hydrogen-bond acceptors (Lipinski definition) is 6. The van der Waals surface area contributed by atoms with Crippen LogP contribution in [0.15, 0.2) is 0 Å². The number of hydrogen-bond donors (Lipinski definition) is 0. The van der Waals surface area contributed by atoms with E-state index in [1.165, 1.54) is 199 Å². The van der Waals surface area contributed by atoms with Crippen molar-refractivity contribution >= 4 is 17.9 Å². The number of carbonyl (C=O) groups is 3. The second kappa shape index (κ2) is 48.9. The highest BCUT2D eigenvalue weighted by Gasteiger charge is 2.19. The zero-order chi connectivity index (χ0) is 45.4. The van der Waals surface area contributed by atoms with E-state index in [0.29, 0.717) is 19.3 Å². The van der Waals surface area contributed by atoms with Gasteiger partial charge in [-0.25, -0.2) is 0 Å². The molecule has 0 aromatic heterocycles. The van der Waals surface area contributed by atoms with Crippen molar-refractivity contribution in [2.75, 3.05) is 13.2 Å². The molecule has 0 aliphatic rings. The van der Waals surface area contributed by atoms with Crippen molar-refractivity contribution < 1.29 is 28.6 Å². The molecule has 0 bridgehead atoms.